The van der Waals surface area contributed by atoms with Crippen molar-refractivity contribution in [2.45, 2.75) is 39.5 Å². The maximum atomic E-state index is 11.6. The van der Waals surface area contributed by atoms with Crippen LogP contribution in [-0.4, -0.2) is 15.6 Å². The number of rotatable bonds is 2. The van der Waals surface area contributed by atoms with Crippen LogP contribution in [0.5, 0.6) is 0 Å². The van der Waals surface area contributed by atoms with Gasteiger partial charge in [0, 0.05) is 25.2 Å². The first-order valence-corrected chi connectivity index (χ1v) is 4.93. The Balaban J connectivity index is 3.23. The molecule has 0 saturated carbocycles. The summed E-state index contributed by atoms with van der Waals surface area (Å²) >= 11 is 0. The van der Waals surface area contributed by atoms with E-state index in [9.17, 15) is 4.79 Å². The molecule has 0 bridgehead atoms. The number of Topliss-reactive ketones (excluding diaryl/α,β-unsaturated/α-hetero) is 1. The van der Waals surface area contributed by atoms with E-state index in [1.54, 1.807) is 4.68 Å². The van der Waals surface area contributed by atoms with Gasteiger partial charge in [-0.25, -0.2) is 0 Å². The molecule has 0 aliphatic rings. The van der Waals surface area contributed by atoms with Crippen LogP contribution in [0.1, 0.15) is 50.2 Å². The van der Waals surface area contributed by atoms with Crippen molar-refractivity contribution in [3.8, 4) is 0 Å². The van der Waals surface area contributed by atoms with Crippen molar-refractivity contribution in [3.63, 3.8) is 0 Å². The van der Waals surface area contributed by atoms with Crippen LogP contribution < -0.4 is 0 Å². The zero-order valence-electron chi connectivity index (χ0n) is 9.59. The number of aromatic nitrogens is 2. The van der Waals surface area contributed by atoms with Crippen LogP contribution in [0, 0.1) is 0 Å². The molecule has 0 saturated heterocycles. The number of ketones is 1. The molecule has 14 heavy (non-hydrogen) atoms. The number of carbonyl (C=O) groups excluding carboxylic acids is 1. The molecule has 1 rings (SSSR count). The highest BCUT2D eigenvalue weighted by Gasteiger charge is 2.24. The largest absolute Gasteiger partial charge is 0.292 e. The van der Waals surface area contributed by atoms with Crippen molar-refractivity contribution in [2.75, 3.05) is 0 Å². The van der Waals surface area contributed by atoms with Gasteiger partial charge in [-0.05, 0) is 5.41 Å². The molecule has 1 aromatic heterocycles. The van der Waals surface area contributed by atoms with E-state index in [1.165, 1.54) is 0 Å². The number of hydrogen-bond donors (Lipinski definition) is 0. The van der Waals surface area contributed by atoms with E-state index in [1.807, 2.05) is 20.2 Å². The molecule has 3 heteroatoms. The van der Waals surface area contributed by atoms with E-state index in [0.29, 0.717) is 12.1 Å². The summed E-state index contributed by atoms with van der Waals surface area (Å²) in [6, 6.07) is 0. The van der Waals surface area contributed by atoms with Crippen molar-refractivity contribution >= 4 is 5.78 Å². The minimum atomic E-state index is -0.0194. The molecule has 0 fully saturated rings. The Labute approximate surface area is 85.1 Å². The molecule has 3 nitrogen and oxygen atoms in total. The van der Waals surface area contributed by atoms with Gasteiger partial charge in [-0.1, -0.05) is 27.7 Å². The predicted octanol–water partition coefficient (Wildman–Crippen LogP) is 2.31. The normalized spacial score (nSPS) is 11.8. The smallest absolute Gasteiger partial charge is 0.183 e. The predicted molar refractivity (Wildman–Crippen MR) is 56.5 cm³/mol. The summed E-state index contributed by atoms with van der Waals surface area (Å²) in [5, 5.41) is 4.21. The van der Waals surface area contributed by atoms with Gasteiger partial charge < -0.3 is 0 Å². The van der Waals surface area contributed by atoms with E-state index >= 15 is 0 Å². The second kappa shape index (κ2) is 3.56. The molecule has 0 aliphatic carbocycles. The fourth-order valence-electron chi connectivity index (χ4n) is 1.41. The summed E-state index contributed by atoms with van der Waals surface area (Å²) in [4.78, 5) is 11.6. The maximum Gasteiger partial charge on any atom is 0.183 e. The summed E-state index contributed by atoms with van der Waals surface area (Å²) < 4.78 is 1.71. The van der Waals surface area contributed by atoms with Gasteiger partial charge in [0.15, 0.2) is 5.78 Å². The highest BCUT2D eigenvalue weighted by atomic mass is 16.1. The molecule has 0 spiro atoms. The fourth-order valence-corrected chi connectivity index (χ4v) is 1.41. The van der Waals surface area contributed by atoms with Gasteiger partial charge >= 0.3 is 0 Å². The second-order valence-corrected chi connectivity index (χ2v) is 4.59. The van der Waals surface area contributed by atoms with E-state index < -0.39 is 0 Å². The van der Waals surface area contributed by atoms with Gasteiger partial charge in [-0.2, -0.15) is 5.10 Å². The topological polar surface area (TPSA) is 34.9 Å². The number of hydrogen-bond acceptors (Lipinski definition) is 2. The number of nitrogens with zero attached hydrogens (tertiary/aromatic N) is 2. The Morgan fingerprint density at radius 2 is 2.07 bits per heavy atom. The Bertz CT molecular complexity index is 345. The van der Waals surface area contributed by atoms with Gasteiger partial charge in [0.05, 0.1) is 0 Å². The minimum absolute atomic E-state index is 0.0194. The Hall–Kier alpha value is -1.12. The summed E-state index contributed by atoms with van der Waals surface area (Å²) in [6.07, 6.45) is 2.45. The molecular weight excluding hydrogens is 176 g/mol. The first-order valence-electron chi connectivity index (χ1n) is 4.93. The maximum absolute atomic E-state index is 11.6. The van der Waals surface area contributed by atoms with Crippen molar-refractivity contribution in [1.29, 1.82) is 0 Å². The molecule has 78 valence electrons. The molecule has 0 aromatic carbocycles. The SMILES string of the molecule is CCC(=O)c1nn(C)cc1C(C)(C)C. The second-order valence-electron chi connectivity index (χ2n) is 4.59. The van der Waals surface area contributed by atoms with Crippen LogP contribution in [-0.2, 0) is 12.5 Å². The zero-order valence-corrected chi connectivity index (χ0v) is 9.59. The van der Waals surface area contributed by atoms with Crippen LogP contribution in [0.4, 0.5) is 0 Å². The van der Waals surface area contributed by atoms with Crippen LogP contribution in [0.15, 0.2) is 6.20 Å². The van der Waals surface area contributed by atoms with Gasteiger partial charge in [0.25, 0.3) is 0 Å². The highest BCUT2D eigenvalue weighted by molar-refractivity contribution is 5.95. The molecule has 0 aliphatic heterocycles. The zero-order chi connectivity index (χ0) is 10.9. The molecule has 0 radical (unpaired) electrons. The average Bonchev–Trinajstić information content (AvgIpc) is 2.45. The minimum Gasteiger partial charge on any atom is -0.292 e. The third-order valence-electron chi connectivity index (χ3n) is 2.22. The fraction of sp³-hybridized carbons (Fsp3) is 0.636. The quantitative estimate of drug-likeness (QED) is 0.677. The lowest BCUT2D eigenvalue weighted by Crippen LogP contribution is -2.15. The number of aryl methyl sites for hydroxylation is 1. The van der Waals surface area contributed by atoms with Gasteiger partial charge in [0.1, 0.15) is 5.69 Å². The lowest BCUT2D eigenvalue weighted by atomic mass is 9.86. The van der Waals surface area contributed by atoms with E-state index in [0.717, 1.165) is 5.56 Å². The Morgan fingerprint density at radius 3 is 2.50 bits per heavy atom. The summed E-state index contributed by atoms with van der Waals surface area (Å²) in [5.41, 5.74) is 1.64. The average molecular weight is 194 g/mol. The third kappa shape index (κ3) is 2.03. The summed E-state index contributed by atoms with van der Waals surface area (Å²) in [5.74, 6) is 0.121. The summed E-state index contributed by atoms with van der Waals surface area (Å²) in [6.45, 7) is 8.15. The van der Waals surface area contributed by atoms with E-state index in [2.05, 4.69) is 25.9 Å². The van der Waals surface area contributed by atoms with Gasteiger partial charge in [0.2, 0.25) is 0 Å². The lowest BCUT2D eigenvalue weighted by molar-refractivity contribution is 0.0980. The third-order valence-corrected chi connectivity index (χ3v) is 2.22. The molecule has 0 amide bonds. The molecule has 0 atom stereocenters. The molecule has 0 unspecified atom stereocenters. The first kappa shape index (κ1) is 11.0. The van der Waals surface area contributed by atoms with E-state index in [-0.39, 0.29) is 11.2 Å². The van der Waals surface area contributed by atoms with Gasteiger partial charge in [-0.3, -0.25) is 9.48 Å². The molecule has 1 aromatic rings. The van der Waals surface area contributed by atoms with Crippen molar-refractivity contribution in [1.82, 2.24) is 9.78 Å². The molecular formula is C11H18N2O. The highest BCUT2D eigenvalue weighted by Crippen LogP contribution is 2.25. The van der Waals surface area contributed by atoms with Crippen LogP contribution in [0.3, 0.4) is 0 Å². The van der Waals surface area contributed by atoms with E-state index in [4.69, 9.17) is 0 Å². The van der Waals surface area contributed by atoms with Crippen LogP contribution in [0.25, 0.3) is 0 Å². The Morgan fingerprint density at radius 1 is 1.50 bits per heavy atom. The first-order chi connectivity index (χ1) is 6.36. The van der Waals surface area contributed by atoms with Crippen molar-refractivity contribution in [2.24, 2.45) is 7.05 Å². The summed E-state index contributed by atoms with van der Waals surface area (Å²) in [7, 11) is 1.85. The van der Waals surface area contributed by atoms with Crippen molar-refractivity contribution < 1.29 is 4.79 Å². The monoisotopic (exact) mass is 194 g/mol. The Kier molecular flexibility index (Phi) is 2.79. The molecule has 1 heterocycles. The van der Waals surface area contributed by atoms with Crippen molar-refractivity contribution in [3.05, 3.63) is 17.5 Å². The standard InChI is InChI=1S/C11H18N2O/c1-6-9(14)10-8(11(2,3)4)7-13(5)12-10/h7H,6H2,1-5H3. The van der Waals surface area contributed by atoms with Crippen LogP contribution in [0.2, 0.25) is 0 Å². The van der Waals surface area contributed by atoms with Crippen LogP contribution >= 0.6 is 0 Å². The number of carbonyl (C=O) groups is 1. The lowest BCUT2D eigenvalue weighted by Gasteiger charge is -2.17. The molecule has 0 N–H and O–H groups in total. The van der Waals surface area contributed by atoms with Gasteiger partial charge in [-0.15, -0.1) is 0 Å².